The maximum Gasteiger partial charge on any atom is 0.161 e. The third kappa shape index (κ3) is 5.63. The van der Waals surface area contributed by atoms with Crippen molar-refractivity contribution < 1.29 is 14.6 Å². The van der Waals surface area contributed by atoms with Gasteiger partial charge >= 0.3 is 0 Å². The topological polar surface area (TPSA) is 64.7 Å². The molecule has 0 spiro atoms. The van der Waals surface area contributed by atoms with Crippen LogP contribution in [0.3, 0.4) is 0 Å². The van der Waals surface area contributed by atoms with Gasteiger partial charge in [-0.25, -0.2) is 0 Å². The van der Waals surface area contributed by atoms with Gasteiger partial charge in [-0.2, -0.15) is 0 Å². The second-order valence-electron chi connectivity index (χ2n) is 6.09. The highest BCUT2D eigenvalue weighted by Crippen LogP contribution is 2.32. The van der Waals surface area contributed by atoms with E-state index in [1.54, 1.807) is 7.11 Å². The molecule has 0 aliphatic carbocycles. The zero-order valence-electron chi connectivity index (χ0n) is 15.0. The molecule has 0 aliphatic rings. The lowest BCUT2D eigenvalue weighted by molar-refractivity contribution is 0.0878. The highest BCUT2D eigenvalue weighted by atomic mass is 35.5. The number of benzene rings is 2. The van der Waals surface area contributed by atoms with Crippen LogP contribution in [0.4, 0.5) is 0 Å². The van der Waals surface area contributed by atoms with Crippen molar-refractivity contribution in [3.63, 3.8) is 0 Å². The molecule has 2 rings (SSSR count). The van der Waals surface area contributed by atoms with Crippen LogP contribution in [0.15, 0.2) is 48.5 Å². The Labute approximate surface area is 156 Å². The zero-order valence-corrected chi connectivity index (χ0v) is 15.8. The molecule has 3 atom stereocenters. The van der Waals surface area contributed by atoms with Crippen LogP contribution in [0.1, 0.15) is 37.4 Å². The van der Waals surface area contributed by atoms with Gasteiger partial charge in [-0.3, -0.25) is 0 Å². The van der Waals surface area contributed by atoms with Crippen LogP contribution in [-0.2, 0) is 6.61 Å². The molecule has 5 heteroatoms. The summed E-state index contributed by atoms with van der Waals surface area (Å²) in [5.74, 6) is 1.42. The summed E-state index contributed by atoms with van der Waals surface area (Å²) >= 11 is 0. The fourth-order valence-electron chi connectivity index (χ4n) is 2.54. The minimum absolute atomic E-state index is 0. The van der Waals surface area contributed by atoms with Gasteiger partial charge in [-0.05, 0) is 29.2 Å². The van der Waals surface area contributed by atoms with Crippen LogP contribution >= 0.6 is 12.4 Å². The maximum atomic E-state index is 10.4. The normalized spacial score (nSPS) is 14.1. The Balaban J connectivity index is 0.00000312. The predicted molar refractivity (Wildman–Crippen MR) is 103 cm³/mol. The third-order valence-electron chi connectivity index (χ3n) is 4.40. The Bertz CT molecular complexity index is 636. The molecule has 0 saturated carbocycles. The van der Waals surface area contributed by atoms with Crippen LogP contribution in [0.2, 0.25) is 0 Å². The number of methoxy groups -OCH3 is 1. The van der Waals surface area contributed by atoms with E-state index < -0.39 is 12.1 Å². The summed E-state index contributed by atoms with van der Waals surface area (Å²) in [7, 11) is 1.61. The second kappa shape index (κ2) is 10.3. The van der Waals surface area contributed by atoms with E-state index in [0.29, 0.717) is 18.1 Å². The van der Waals surface area contributed by atoms with Crippen molar-refractivity contribution in [1.29, 1.82) is 0 Å². The quantitative estimate of drug-likeness (QED) is 0.739. The highest BCUT2D eigenvalue weighted by Gasteiger charge is 2.23. The fraction of sp³-hybridized carbons (Fsp3) is 0.400. The molecule has 4 nitrogen and oxygen atoms in total. The van der Waals surface area contributed by atoms with Crippen LogP contribution in [-0.4, -0.2) is 18.3 Å². The summed E-state index contributed by atoms with van der Waals surface area (Å²) < 4.78 is 11.3. The number of aliphatic hydroxyl groups excluding tert-OH is 1. The molecule has 25 heavy (non-hydrogen) atoms. The standard InChI is InChI=1S/C20H27NO3.ClH/c1-4-14(2)20(22)19(21)16-10-11-17(23-3)18(12-16)24-13-15-8-6-5-7-9-15;/h5-12,14,19-20,22H,4,13,21H2,1-3H3;1H/t14?,19-,20+;/m0./s1. The maximum absolute atomic E-state index is 10.4. The van der Waals surface area contributed by atoms with Crippen LogP contribution in [0.25, 0.3) is 0 Å². The van der Waals surface area contributed by atoms with Gasteiger partial charge in [0.05, 0.1) is 19.3 Å². The van der Waals surface area contributed by atoms with E-state index in [1.165, 1.54) is 0 Å². The monoisotopic (exact) mass is 365 g/mol. The van der Waals surface area contributed by atoms with E-state index in [4.69, 9.17) is 15.2 Å². The molecule has 2 aromatic rings. The van der Waals surface area contributed by atoms with E-state index in [0.717, 1.165) is 17.5 Å². The van der Waals surface area contributed by atoms with Crippen molar-refractivity contribution in [2.24, 2.45) is 11.7 Å². The van der Waals surface area contributed by atoms with Crippen LogP contribution < -0.4 is 15.2 Å². The first-order valence-corrected chi connectivity index (χ1v) is 8.35. The molecule has 0 saturated heterocycles. The molecule has 0 heterocycles. The Kier molecular flexibility index (Phi) is 8.76. The molecule has 1 unspecified atom stereocenters. The van der Waals surface area contributed by atoms with Crippen molar-refractivity contribution in [1.82, 2.24) is 0 Å². The number of aliphatic hydroxyl groups is 1. The average molecular weight is 366 g/mol. The number of ether oxygens (including phenoxy) is 2. The minimum atomic E-state index is -0.592. The first kappa shape index (κ1) is 21.3. The molecule has 0 fully saturated rings. The molecule has 0 aliphatic heterocycles. The first-order valence-electron chi connectivity index (χ1n) is 8.35. The fourth-order valence-corrected chi connectivity index (χ4v) is 2.54. The molecule has 0 bridgehead atoms. The molecule has 0 radical (unpaired) electrons. The number of rotatable bonds is 8. The highest BCUT2D eigenvalue weighted by molar-refractivity contribution is 5.85. The number of hydrogen-bond donors (Lipinski definition) is 2. The summed E-state index contributed by atoms with van der Waals surface area (Å²) in [5.41, 5.74) is 8.15. The van der Waals surface area contributed by atoms with E-state index in [1.807, 2.05) is 62.4 Å². The lowest BCUT2D eigenvalue weighted by atomic mass is 9.91. The number of hydrogen-bond acceptors (Lipinski definition) is 4. The molecule has 2 aromatic carbocycles. The Morgan fingerprint density at radius 2 is 1.76 bits per heavy atom. The summed E-state index contributed by atoms with van der Waals surface area (Å²) in [4.78, 5) is 0. The Morgan fingerprint density at radius 3 is 2.36 bits per heavy atom. The van der Waals surface area contributed by atoms with Crippen LogP contribution in [0, 0.1) is 5.92 Å². The van der Waals surface area contributed by atoms with Gasteiger partial charge in [0.2, 0.25) is 0 Å². The lowest BCUT2D eigenvalue weighted by Gasteiger charge is -2.25. The molecular weight excluding hydrogens is 338 g/mol. The molecule has 138 valence electrons. The SMILES string of the molecule is CCC(C)[C@@H](O)[C@@H](N)c1ccc(OC)c(OCc2ccccc2)c1.Cl. The molecule has 0 amide bonds. The second-order valence-corrected chi connectivity index (χ2v) is 6.09. The van der Waals surface area contributed by atoms with Crippen molar-refractivity contribution in [3.8, 4) is 11.5 Å². The third-order valence-corrected chi connectivity index (χ3v) is 4.40. The van der Waals surface area contributed by atoms with Crippen molar-refractivity contribution in [3.05, 3.63) is 59.7 Å². The van der Waals surface area contributed by atoms with Gasteiger partial charge in [0.1, 0.15) is 6.61 Å². The number of halogens is 1. The minimum Gasteiger partial charge on any atom is -0.493 e. The summed E-state index contributed by atoms with van der Waals surface area (Å²) in [6.45, 7) is 4.49. The predicted octanol–water partition coefficient (Wildman–Crippen LogP) is 4.10. The lowest BCUT2D eigenvalue weighted by Crippen LogP contribution is -2.31. The van der Waals surface area contributed by atoms with Gasteiger partial charge in [0.25, 0.3) is 0 Å². The van der Waals surface area contributed by atoms with E-state index in [-0.39, 0.29) is 18.3 Å². The van der Waals surface area contributed by atoms with Crippen molar-refractivity contribution >= 4 is 12.4 Å². The molecule has 0 aromatic heterocycles. The summed E-state index contributed by atoms with van der Waals surface area (Å²) in [6.07, 6.45) is 0.285. The van der Waals surface area contributed by atoms with E-state index in [9.17, 15) is 5.11 Å². The zero-order chi connectivity index (χ0) is 17.5. The number of nitrogens with two attached hydrogens (primary N) is 1. The van der Waals surface area contributed by atoms with Crippen molar-refractivity contribution in [2.45, 2.75) is 39.0 Å². The Hall–Kier alpha value is -1.75. The largest absolute Gasteiger partial charge is 0.493 e. The molecular formula is C20H28ClNO3. The van der Waals surface area contributed by atoms with Gasteiger partial charge < -0.3 is 20.3 Å². The van der Waals surface area contributed by atoms with E-state index in [2.05, 4.69) is 0 Å². The average Bonchev–Trinajstić information content (AvgIpc) is 2.65. The van der Waals surface area contributed by atoms with Gasteiger partial charge in [0.15, 0.2) is 11.5 Å². The van der Waals surface area contributed by atoms with Crippen LogP contribution in [0.5, 0.6) is 11.5 Å². The van der Waals surface area contributed by atoms with Gasteiger partial charge in [-0.1, -0.05) is 56.7 Å². The summed E-state index contributed by atoms with van der Waals surface area (Å²) in [6, 6.07) is 15.1. The first-order chi connectivity index (χ1) is 11.6. The summed E-state index contributed by atoms with van der Waals surface area (Å²) in [5, 5.41) is 10.4. The van der Waals surface area contributed by atoms with Gasteiger partial charge in [-0.15, -0.1) is 12.4 Å². The van der Waals surface area contributed by atoms with Crippen molar-refractivity contribution in [2.75, 3.05) is 7.11 Å². The van der Waals surface area contributed by atoms with E-state index >= 15 is 0 Å². The molecule has 3 N–H and O–H groups in total. The smallest absolute Gasteiger partial charge is 0.161 e. The Morgan fingerprint density at radius 1 is 1.08 bits per heavy atom. The van der Waals surface area contributed by atoms with Gasteiger partial charge in [0, 0.05) is 0 Å².